The third-order valence-corrected chi connectivity index (χ3v) is 5.22. The number of nitrogens with zero attached hydrogens (tertiary/aromatic N) is 2. The minimum atomic E-state index is 0.378. The lowest BCUT2D eigenvalue weighted by Crippen LogP contribution is -2.53. The van der Waals surface area contributed by atoms with Gasteiger partial charge in [-0.3, -0.25) is 4.90 Å². The summed E-state index contributed by atoms with van der Waals surface area (Å²) >= 11 is 0. The molecule has 0 aromatic carbocycles. The highest BCUT2D eigenvalue weighted by atomic mass is 16.5. The Balaban J connectivity index is 1.49. The van der Waals surface area contributed by atoms with E-state index < -0.39 is 0 Å². The maximum Gasteiger partial charge on any atom is 0.0547 e. The Hall–Kier alpha value is -0.160. The van der Waals surface area contributed by atoms with Crippen molar-refractivity contribution in [1.29, 1.82) is 0 Å². The summed E-state index contributed by atoms with van der Waals surface area (Å²) in [4.78, 5) is 5.26. The highest BCUT2D eigenvalue weighted by Gasteiger charge is 2.38. The second-order valence-corrected chi connectivity index (χ2v) is 7.36. The number of rotatable bonds is 6. The summed E-state index contributed by atoms with van der Waals surface area (Å²) in [5, 5.41) is 3.74. The second kappa shape index (κ2) is 6.30. The van der Waals surface area contributed by atoms with Crippen molar-refractivity contribution in [3.8, 4) is 0 Å². The van der Waals surface area contributed by atoms with Crippen LogP contribution in [0.4, 0.5) is 0 Å². The van der Waals surface area contributed by atoms with E-state index in [2.05, 4.69) is 29.0 Å². The van der Waals surface area contributed by atoms with E-state index in [1.54, 1.807) is 0 Å². The van der Waals surface area contributed by atoms with Gasteiger partial charge < -0.3 is 15.0 Å². The van der Waals surface area contributed by atoms with Gasteiger partial charge in [0.05, 0.1) is 6.61 Å². The number of hydrogen-bond donors (Lipinski definition) is 1. The number of ether oxygens (including phenoxy) is 1. The standard InChI is InChI=1S/C16H31N3O/c1-14(2)19-8-6-18(7-9-19)12-16(5-10-20-13-16)11-17-15-3-4-15/h14-15,17H,3-13H2,1-2H3. The largest absolute Gasteiger partial charge is 0.381 e. The molecule has 1 unspecified atom stereocenters. The van der Waals surface area contributed by atoms with Gasteiger partial charge in [0.15, 0.2) is 0 Å². The highest BCUT2D eigenvalue weighted by Crippen LogP contribution is 2.31. The van der Waals surface area contributed by atoms with Gasteiger partial charge in [0.2, 0.25) is 0 Å². The van der Waals surface area contributed by atoms with Gasteiger partial charge in [-0.05, 0) is 33.1 Å². The van der Waals surface area contributed by atoms with E-state index >= 15 is 0 Å². The molecule has 1 N–H and O–H groups in total. The van der Waals surface area contributed by atoms with E-state index in [0.29, 0.717) is 11.5 Å². The van der Waals surface area contributed by atoms with Crippen LogP contribution < -0.4 is 5.32 Å². The Bertz CT molecular complexity index is 303. The van der Waals surface area contributed by atoms with Gasteiger partial charge in [-0.2, -0.15) is 0 Å². The minimum Gasteiger partial charge on any atom is -0.381 e. The second-order valence-electron chi connectivity index (χ2n) is 7.36. The summed E-state index contributed by atoms with van der Waals surface area (Å²) in [6.45, 7) is 13.8. The van der Waals surface area contributed by atoms with E-state index in [-0.39, 0.29) is 0 Å². The molecule has 0 radical (unpaired) electrons. The van der Waals surface area contributed by atoms with Crippen LogP contribution in [0.2, 0.25) is 0 Å². The van der Waals surface area contributed by atoms with Crippen LogP contribution in [0, 0.1) is 5.41 Å². The number of piperazine rings is 1. The maximum atomic E-state index is 5.74. The van der Waals surface area contributed by atoms with Crippen molar-refractivity contribution in [2.75, 3.05) is 52.5 Å². The van der Waals surface area contributed by atoms with Crippen LogP contribution >= 0.6 is 0 Å². The van der Waals surface area contributed by atoms with Crippen molar-refractivity contribution in [2.45, 2.75) is 45.2 Å². The van der Waals surface area contributed by atoms with Gasteiger partial charge in [0, 0.05) is 63.4 Å². The number of nitrogens with one attached hydrogen (secondary N) is 1. The molecule has 0 bridgehead atoms. The summed E-state index contributed by atoms with van der Waals surface area (Å²) in [6, 6.07) is 1.50. The van der Waals surface area contributed by atoms with Crippen molar-refractivity contribution in [3.05, 3.63) is 0 Å². The van der Waals surface area contributed by atoms with Crippen molar-refractivity contribution in [3.63, 3.8) is 0 Å². The molecular weight excluding hydrogens is 250 g/mol. The Labute approximate surface area is 123 Å². The van der Waals surface area contributed by atoms with Crippen LogP contribution in [0.15, 0.2) is 0 Å². The zero-order chi connectivity index (χ0) is 14.0. The fraction of sp³-hybridized carbons (Fsp3) is 1.00. The Morgan fingerprint density at radius 3 is 2.50 bits per heavy atom. The topological polar surface area (TPSA) is 27.7 Å². The quantitative estimate of drug-likeness (QED) is 0.791. The molecule has 3 fully saturated rings. The fourth-order valence-electron chi connectivity index (χ4n) is 3.53. The first-order valence-corrected chi connectivity index (χ1v) is 8.44. The predicted octanol–water partition coefficient (Wildman–Crippen LogP) is 1.17. The summed E-state index contributed by atoms with van der Waals surface area (Å²) in [6.07, 6.45) is 3.99. The molecule has 4 nitrogen and oxygen atoms in total. The molecule has 0 spiro atoms. The van der Waals surface area contributed by atoms with Crippen LogP contribution in [-0.2, 0) is 4.74 Å². The molecule has 1 atom stereocenters. The predicted molar refractivity (Wildman–Crippen MR) is 82.0 cm³/mol. The minimum absolute atomic E-state index is 0.378. The fourth-order valence-corrected chi connectivity index (χ4v) is 3.53. The van der Waals surface area contributed by atoms with Gasteiger partial charge in [-0.1, -0.05) is 0 Å². The molecule has 4 heteroatoms. The lowest BCUT2D eigenvalue weighted by atomic mass is 9.86. The van der Waals surface area contributed by atoms with Crippen LogP contribution in [0.5, 0.6) is 0 Å². The molecule has 0 aromatic rings. The first-order chi connectivity index (χ1) is 9.67. The SMILES string of the molecule is CC(C)N1CCN(CC2(CNC3CC3)CCOC2)CC1. The summed E-state index contributed by atoms with van der Waals surface area (Å²) in [7, 11) is 0. The van der Waals surface area contributed by atoms with E-state index in [1.807, 2.05) is 0 Å². The highest BCUT2D eigenvalue weighted by molar-refractivity contribution is 4.93. The molecular formula is C16H31N3O. The lowest BCUT2D eigenvalue weighted by molar-refractivity contribution is 0.0607. The Morgan fingerprint density at radius 2 is 1.95 bits per heavy atom. The molecule has 2 aliphatic heterocycles. The van der Waals surface area contributed by atoms with Crippen molar-refractivity contribution >= 4 is 0 Å². The molecule has 3 rings (SSSR count). The van der Waals surface area contributed by atoms with Crippen LogP contribution in [0.3, 0.4) is 0 Å². The van der Waals surface area contributed by atoms with Gasteiger partial charge in [-0.15, -0.1) is 0 Å². The molecule has 0 aromatic heterocycles. The summed E-state index contributed by atoms with van der Waals surface area (Å²) in [5.41, 5.74) is 0.378. The van der Waals surface area contributed by atoms with E-state index in [1.165, 1.54) is 52.0 Å². The molecule has 2 heterocycles. The third kappa shape index (κ3) is 3.73. The molecule has 2 saturated heterocycles. The van der Waals surface area contributed by atoms with Gasteiger partial charge in [0.1, 0.15) is 0 Å². The first-order valence-electron chi connectivity index (χ1n) is 8.44. The molecule has 1 saturated carbocycles. The van der Waals surface area contributed by atoms with Crippen molar-refractivity contribution in [2.24, 2.45) is 5.41 Å². The monoisotopic (exact) mass is 281 g/mol. The average molecular weight is 281 g/mol. The average Bonchev–Trinajstić information content (AvgIpc) is 3.17. The molecule has 3 aliphatic rings. The molecule has 1 aliphatic carbocycles. The van der Waals surface area contributed by atoms with Gasteiger partial charge in [-0.25, -0.2) is 0 Å². The first kappa shape index (κ1) is 14.8. The van der Waals surface area contributed by atoms with Crippen LogP contribution in [0.1, 0.15) is 33.1 Å². The number of hydrogen-bond acceptors (Lipinski definition) is 4. The Kier molecular flexibility index (Phi) is 4.65. The van der Waals surface area contributed by atoms with E-state index in [9.17, 15) is 0 Å². The molecule has 20 heavy (non-hydrogen) atoms. The zero-order valence-electron chi connectivity index (χ0n) is 13.2. The summed E-state index contributed by atoms with van der Waals surface area (Å²) < 4.78 is 5.74. The maximum absolute atomic E-state index is 5.74. The van der Waals surface area contributed by atoms with Crippen molar-refractivity contribution < 1.29 is 4.74 Å². The van der Waals surface area contributed by atoms with Gasteiger partial charge >= 0.3 is 0 Å². The van der Waals surface area contributed by atoms with E-state index in [0.717, 1.165) is 25.8 Å². The van der Waals surface area contributed by atoms with Crippen LogP contribution in [-0.4, -0.2) is 74.4 Å². The smallest absolute Gasteiger partial charge is 0.0547 e. The van der Waals surface area contributed by atoms with Crippen LogP contribution in [0.25, 0.3) is 0 Å². The summed E-state index contributed by atoms with van der Waals surface area (Å²) in [5.74, 6) is 0. The third-order valence-electron chi connectivity index (χ3n) is 5.22. The zero-order valence-corrected chi connectivity index (χ0v) is 13.2. The van der Waals surface area contributed by atoms with Gasteiger partial charge in [0.25, 0.3) is 0 Å². The lowest BCUT2D eigenvalue weighted by Gasteiger charge is -2.41. The van der Waals surface area contributed by atoms with E-state index in [4.69, 9.17) is 4.74 Å². The van der Waals surface area contributed by atoms with Crippen molar-refractivity contribution in [1.82, 2.24) is 15.1 Å². The molecule has 0 amide bonds. The Morgan fingerprint density at radius 1 is 1.20 bits per heavy atom. The normalized spacial score (nSPS) is 33.1. The molecule has 116 valence electrons.